The molecule has 0 N–H and O–H groups in total. The Kier molecular flexibility index (Phi) is 3.96. The largest absolute Gasteiger partial charge is 0.447 e. The van der Waals surface area contributed by atoms with Crippen molar-refractivity contribution in [2.75, 3.05) is 29.5 Å². The molecule has 1 aromatic heterocycles. The highest BCUT2D eigenvalue weighted by molar-refractivity contribution is 5.90. The highest BCUT2D eigenvalue weighted by Gasteiger charge is 2.29. The molecular formula is C20H17FN4O3. The molecule has 3 heterocycles. The molecule has 1 fully saturated rings. The number of fused-ring (bicyclic) bond motifs is 1. The molecule has 142 valence electrons. The summed E-state index contributed by atoms with van der Waals surface area (Å²) >= 11 is 0. The predicted octanol–water partition coefficient (Wildman–Crippen LogP) is 3.40. The summed E-state index contributed by atoms with van der Waals surface area (Å²) in [7, 11) is 0. The Morgan fingerprint density at radius 2 is 1.93 bits per heavy atom. The lowest BCUT2D eigenvalue weighted by molar-refractivity contribution is 0.181. The SMILES string of the molecule is O=C1OCCN1c1cccc2c1CCN(c1nc(-c3ccc(F)cc3)no1)C2. The topological polar surface area (TPSA) is 71.7 Å². The molecule has 0 unspecified atom stereocenters. The number of aromatic nitrogens is 2. The van der Waals surface area contributed by atoms with Gasteiger partial charge in [0.2, 0.25) is 5.82 Å². The van der Waals surface area contributed by atoms with Crippen LogP contribution in [0.15, 0.2) is 47.0 Å². The van der Waals surface area contributed by atoms with E-state index in [1.807, 2.05) is 23.1 Å². The molecule has 2 aliphatic rings. The fourth-order valence-electron chi connectivity index (χ4n) is 3.68. The third kappa shape index (κ3) is 2.87. The lowest BCUT2D eigenvalue weighted by atomic mass is 9.97. The van der Waals surface area contributed by atoms with Crippen LogP contribution in [0.3, 0.4) is 0 Å². The Bertz CT molecular complexity index is 1030. The first-order valence-electron chi connectivity index (χ1n) is 9.09. The summed E-state index contributed by atoms with van der Waals surface area (Å²) in [4.78, 5) is 20.1. The van der Waals surface area contributed by atoms with Crippen molar-refractivity contribution in [1.82, 2.24) is 10.1 Å². The van der Waals surface area contributed by atoms with Gasteiger partial charge in [0.05, 0.1) is 12.2 Å². The number of ether oxygens (including phenoxy) is 1. The zero-order chi connectivity index (χ0) is 19.1. The molecule has 7 nitrogen and oxygen atoms in total. The molecule has 1 amide bonds. The van der Waals surface area contributed by atoms with Crippen LogP contribution in [0, 0.1) is 5.82 Å². The molecule has 28 heavy (non-hydrogen) atoms. The highest BCUT2D eigenvalue weighted by Crippen LogP contribution is 2.32. The molecule has 2 aliphatic heterocycles. The summed E-state index contributed by atoms with van der Waals surface area (Å²) in [6.45, 7) is 2.29. The maximum absolute atomic E-state index is 13.1. The number of hydrogen-bond donors (Lipinski definition) is 0. The van der Waals surface area contributed by atoms with Crippen LogP contribution in [-0.2, 0) is 17.7 Å². The van der Waals surface area contributed by atoms with E-state index in [9.17, 15) is 9.18 Å². The first-order chi connectivity index (χ1) is 13.7. The van der Waals surface area contributed by atoms with Gasteiger partial charge in [-0.2, -0.15) is 4.98 Å². The molecule has 0 aliphatic carbocycles. The first-order valence-corrected chi connectivity index (χ1v) is 9.09. The lowest BCUT2D eigenvalue weighted by Gasteiger charge is -2.29. The van der Waals surface area contributed by atoms with Gasteiger partial charge < -0.3 is 14.2 Å². The van der Waals surface area contributed by atoms with Crippen LogP contribution in [0.25, 0.3) is 11.4 Å². The van der Waals surface area contributed by atoms with Crippen molar-refractivity contribution in [3.05, 3.63) is 59.4 Å². The predicted molar refractivity (Wildman–Crippen MR) is 99.6 cm³/mol. The lowest BCUT2D eigenvalue weighted by Crippen LogP contribution is -2.33. The second-order valence-corrected chi connectivity index (χ2v) is 6.76. The van der Waals surface area contributed by atoms with Gasteiger partial charge in [-0.05, 0) is 47.9 Å². The number of carbonyl (C=O) groups excluding carboxylic acids is 1. The number of benzene rings is 2. The van der Waals surface area contributed by atoms with E-state index in [-0.39, 0.29) is 11.9 Å². The summed E-state index contributed by atoms with van der Waals surface area (Å²) in [6, 6.07) is 12.4. The van der Waals surface area contributed by atoms with Crippen LogP contribution in [0.1, 0.15) is 11.1 Å². The minimum Gasteiger partial charge on any atom is -0.447 e. The average molecular weight is 380 g/mol. The molecule has 0 spiro atoms. The summed E-state index contributed by atoms with van der Waals surface area (Å²) < 4.78 is 23.6. The molecule has 0 saturated carbocycles. The van der Waals surface area contributed by atoms with E-state index < -0.39 is 0 Å². The van der Waals surface area contributed by atoms with Gasteiger partial charge in [0.25, 0.3) is 0 Å². The van der Waals surface area contributed by atoms with Crippen molar-refractivity contribution >= 4 is 17.8 Å². The number of rotatable bonds is 3. The normalized spacial score (nSPS) is 16.2. The zero-order valence-corrected chi connectivity index (χ0v) is 15.0. The molecule has 2 aromatic carbocycles. The van der Waals surface area contributed by atoms with Gasteiger partial charge in [0, 0.05) is 18.7 Å². The number of halogens is 1. The van der Waals surface area contributed by atoms with Gasteiger partial charge in [-0.1, -0.05) is 17.3 Å². The van der Waals surface area contributed by atoms with E-state index in [1.54, 1.807) is 17.0 Å². The van der Waals surface area contributed by atoms with Gasteiger partial charge in [-0.15, -0.1) is 0 Å². The van der Waals surface area contributed by atoms with E-state index in [0.717, 1.165) is 23.2 Å². The Hall–Kier alpha value is -3.42. The van der Waals surface area contributed by atoms with Gasteiger partial charge in [0.1, 0.15) is 12.4 Å². The number of anilines is 2. The number of amides is 1. The summed E-state index contributed by atoms with van der Waals surface area (Å²) in [6.07, 6.45) is 0.459. The van der Waals surface area contributed by atoms with Gasteiger partial charge >= 0.3 is 12.1 Å². The Morgan fingerprint density at radius 3 is 2.71 bits per heavy atom. The average Bonchev–Trinajstić information content (AvgIpc) is 3.37. The number of hydrogen-bond acceptors (Lipinski definition) is 6. The van der Waals surface area contributed by atoms with Crippen molar-refractivity contribution in [2.24, 2.45) is 0 Å². The van der Waals surface area contributed by atoms with Crippen molar-refractivity contribution in [1.29, 1.82) is 0 Å². The van der Waals surface area contributed by atoms with Crippen LogP contribution in [-0.4, -0.2) is 35.9 Å². The molecule has 8 heteroatoms. The summed E-state index contributed by atoms with van der Waals surface area (Å²) in [5, 5.41) is 4.02. The fraction of sp³-hybridized carbons (Fsp3) is 0.250. The van der Waals surface area contributed by atoms with Crippen LogP contribution in [0.5, 0.6) is 0 Å². The van der Waals surface area contributed by atoms with Crippen LogP contribution < -0.4 is 9.80 Å². The quantitative estimate of drug-likeness (QED) is 0.694. The van der Waals surface area contributed by atoms with Crippen LogP contribution >= 0.6 is 0 Å². The van der Waals surface area contributed by atoms with E-state index in [2.05, 4.69) is 10.1 Å². The maximum Gasteiger partial charge on any atom is 0.414 e. The fourth-order valence-corrected chi connectivity index (χ4v) is 3.68. The van der Waals surface area contributed by atoms with E-state index in [4.69, 9.17) is 9.26 Å². The molecule has 5 rings (SSSR count). The van der Waals surface area contributed by atoms with Crippen LogP contribution in [0.4, 0.5) is 20.9 Å². The zero-order valence-electron chi connectivity index (χ0n) is 15.0. The molecule has 3 aromatic rings. The van der Waals surface area contributed by atoms with Crippen molar-refractivity contribution in [3.63, 3.8) is 0 Å². The molecular weight excluding hydrogens is 363 g/mol. The summed E-state index contributed by atoms with van der Waals surface area (Å²) in [5.41, 5.74) is 3.88. The van der Waals surface area contributed by atoms with Gasteiger partial charge in [0.15, 0.2) is 0 Å². The van der Waals surface area contributed by atoms with Gasteiger partial charge in [-0.3, -0.25) is 4.90 Å². The Labute approximate surface area is 160 Å². The molecule has 0 radical (unpaired) electrons. The Morgan fingerprint density at radius 1 is 1.07 bits per heavy atom. The smallest absolute Gasteiger partial charge is 0.414 e. The minimum atomic E-state index is -0.308. The van der Waals surface area contributed by atoms with Crippen molar-refractivity contribution in [3.8, 4) is 11.4 Å². The number of carbonyl (C=O) groups is 1. The number of cyclic esters (lactones) is 1. The summed E-state index contributed by atoms with van der Waals surface area (Å²) in [5.74, 6) is 0.118. The van der Waals surface area contributed by atoms with Crippen molar-refractivity contribution < 1.29 is 18.4 Å². The van der Waals surface area contributed by atoms with Crippen LogP contribution in [0.2, 0.25) is 0 Å². The Balaban J connectivity index is 1.39. The van der Waals surface area contributed by atoms with E-state index in [1.165, 1.54) is 12.1 Å². The minimum absolute atomic E-state index is 0.295. The molecule has 1 saturated heterocycles. The standard InChI is InChI=1S/C20H17FN4O3/c21-15-6-4-13(5-7-15)18-22-19(28-23-18)24-9-8-16-14(12-24)2-1-3-17(16)25-10-11-27-20(25)26/h1-7H,8-12H2. The third-order valence-corrected chi connectivity index (χ3v) is 5.08. The first kappa shape index (κ1) is 16.7. The molecule has 0 bridgehead atoms. The van der Waals surface area contributed by atoms with E-state index in [0.29, 0.717) is 43.6 Å². The number of nitrogens with zero attached hydrogens (tertiary/aromatic N) is 4. The van der Waals surface area contributed by atoms with Gasteiger partial charge in [-0.25, -0.2) is 9.18 Å². The molecule has 0 atom stereocenters. The highest BCUT2D eigenvalue weighted by atomic mass is 19.1. The third-order valence-electron chi connectivity index (χ3n) is 5.08. The maximum atomic E-state index is 13.1. The second kappa shape index (κ2) is 6.63. The monoisotopic (exact) mass is 380 g/mol. The van der Waals surface area contributed by atoms with E-state index >= 15 is 0 Å². The second-order valence-electron chi connectivity index (χ2n) is 6.76. The van der Waals surface area contributed by atoms with Crippen molar-refractivity contribution in [2.45, 2.75) is 13.0 Å².